The number of aromatic nitrogens is 4. The van der Waals surface area contributed by atoms with Gasteiger partial charge in [-0.25, -0.2) is 5.10 Å². The van der Waals surface area contributed by atoms with E-state index in [9.17, 15) is 4.79 Å². The number of fused-ring (bicyclic) bond motifs is 1. The van der Waals surface area contributed by atoms with Gasteiger partial charge in [-0.15, -0.1) is 5.10 Å². The van der Waals surface area contributed by atoms with Gasteiger partial charge >= 0.3 is 0 Å². The topological polar surface area (TPSA) is 102 Å². The van der Waals surface area contributed by atoms with E-state index in [2.05, 4.69) is 51.9 Å². The number of benzene rings is 2. The summed E-state index contributed by atoms with van der Waals surface area (Å²) in [6.07, 6.45) is 3.84. The number of hydrogen-bond acceptors (Lipinski definition) is 6. The molecule has 0 saturated heterocycles. The number of aromatic amines is 1. The van der Waals surface area contributed by atoms with Crippen LogP contribution in [0.25, 0.3) is 6.08 Å². The number of tetrazole rings is 1. The Bertz CT molecular complexity index is 1030. The van der Waals surface area contributed by atoms with Crippen LogP contribution in [0.5, 0.6) is 11.5 Å². The molecule has 4 rings (SSSR count). The van der Waals surface area contributed by atoms with Crippen molar-refractivity contribution in [3.05, 3.63) is 65.5 Å². The zero-order chi connectivity index (χ0) is 20.9. The van der Waals surface area contributed by atoms with Gasteiger partial charge in [0.15, 0.2) is 23.4 Å². The summed E-state index contributed by atoms with van der Waals surface area (Å²) in [4.78, 5) is 12.5. The minimum Gasteiger partial charge on any atom is -0.485 e. The van der Waals surface area contributed by atoms with Gasteiger partial charge in [0.25, 0.3) is 0 Å². The van der Waals surface area contributed by atoms with Crippen LogP contribution in [0.4, 0.5) is 5.69 Å². The molecule has 3 aromatic rings. The second-order valence-electron chi connectivity index (χ2n) is 7.50. The number of hydrogen-bond donors (Lipinski definition) is 2. The van der Waals surface area contributed by atoms with Crippen LogP contribution in [-0.2, 0) is 11.2 Å². The molecule has 0 spiro atoms. The maximum absolute atomic E-state index is 12.5. The summed E-state index contributed by atoms with van der Waals surface area (Å²) < 4.78 is 11.7. The summed E-state index contributed by atoms with van der Waals surface area (Å²) in [5, 5.41) is 16.5. The number of nitrogens with one attached hydrogen (secondary N) is 2. The van der Waals surface area contributed by atoms with Crippen molar-refractivity contribution < 1.29 is 14.3 Å². The molecule has 2 aromatic carbocycles. The van der Waals surface area contributed by atoms with Crippen molar-refractivity contribution in [3.63, 3.8) is 0 Å². The molecule has 154 valence electrons. The fraction of sp³-hybridized carbons (Fsp3) is 0.273. The van der Waals surface area contributed by atoms with Crippen molar-refractivity contribution in [1.29, 1.82) is 0 Å². The van der Waals surface area contributed by atoms with Gasteiger partial charge in [-0.05, 0) is 52.1 Å². The average Bonchev–Trinajstić information content (AvgIpc) is 3.28. The molecule has 1 amide bonds. The number of carbonyl (C=O) groups excluding carboxylic acids is 1. The van der Waals surface area contributed by atoms with Crippen molar-refractivity contribution in [2.24, 2.45) is 5.92 Å². The van der Waals surface area contributed by atoms with E-state index < -0.39 is 6.10 Å². The molecule has 8 nitrogen and oxygen atoms in total. The highest BCUT2D eigenvalue weighted by Crippen LogP contribution is 2.41. The second kappa shape index (κ2) is 8.77. The Morgan fingerprint density at radius 1 is 1.27 bits per heavy atom. The van der Waals surface area contributed by atoms with Crippen molar-refractivity contribution in [2.75, 3.05) is 11.9 Å². The summed E-state index contributed by atoms with van der Waals surface area (Å²) >= 11 is 0. The lowest BCUT2D eigenvalue weighted by Crippen LogP contribution is -2.24. The fourth-order valence-corrected chi connectivity index (χ4v) is 3.21. The molecule has 1 aliphatic rings. The van der Waals surface area contributed by atoms with E-state index in [0.29, 0.717) is 28.9 Å². The van der Waals surface area contributed by atoms with E-state index in [4.69, 9.17) is 9.47 Å². The van der Waals surface area contributed by atoms with Gasteiger partial charge in [0.05, 0.1) is 5.69 Å². The maximum Gasteiger partial charge on any atom is 0.248 e. The zero-order valence-electron chi connectivity index (χ0n) is 16.8. The van der Waals surface area contributed by atoms with Crippen LogP contribution >= 0.6 is 0 Å². The lowest BCUT2D eigenvalue weighted by molar-refractivity contribution is -0.111. The molecule has 1 aromatic heterocycles. The molecule has 2 N–H and O–H groups in total. The number of nitrogens with zero attached hydrogens (tertiary/aromatic N) is 3. The van der Waals surface area contributed by atoms with Crippen molar-refractivity contribution in [3.8, 4) is 11.5 Å². The SMILES string of the molecule is CC(C)Cc1ccc(C=CC(=O)Nc2cccc3c2OC(c2nnn[nH]2)CO3)cc1. The average molecular weight is 405 g/mol. The van der Waals surface area contributed by atoms with Crippen LogP contribution in [0.1, 0.15) is 36.9 Å². The lowest BCUT2D eigenvalue weighted by atomic mass is 10.0. The van der Waals surface area contributed by atoms with Gasteiger partial charge < -0.3 is 14.8 Å². The van der Waals surface area contributed by atoms with Gasteiger partial charge in [0, 0.05) is 6.08 Å². The molecule has 2 heterocycles. The van der Waals surface area contributed by atoms with Gasteiger partial charge in [-0.1, -0.05) is 44.2 Å². The number of rotatable bonds is 6. The van der Waals surface area contributed by atoms with E-state index in [1.54, 1.807) is 24.3 Å². The van der Waals surface area contributed by atoms with Crippen LogP contribution in [0, 0.1) is 5.92 Å². The number of para-hydroxylation sites is 1. The molecule has 0 radical (unpaired) electrons. The van der Waals surface area contributed by atoms with Crippen LogP contribution in [-0.4, -0.2) is 33.1 Å². The van der Waals surface area contributed by atoms with E-state index in [1.807, 2.05) is 12.1 Å². The molecular formula is C22H23N5O3. The molecule has 0 aliphatic carbocycles. The van der Waals surface area contributed by atoms with Gasteiger partial charge in [0.2, 0.25) is 5.91 Å². The number of anilines is 1. The highest BCUT2D eigenvalue weighted by molar-refractivity contribution is 6.03. The number of ether oxygens (including phenoxy) is 2. The number of H-pyrrole nitrogens is 1. The molecule has 0 saturated carbocycles. The van der Waals surface area contributed by atoms with Crippen LogP contribution in [0.15, 0.2) is 48.5 Å². The molecule has 0 fully saturated rings. The summed E-state index contributed by atoms with van der Waals surface area (Å²) in [6, 6.07) is 13.6. The predicted molar refractivity (Wildman–Crippen MR) is 112 cm³/mol. The second-order valence-corrected chi connectivity index (χ2v) is 7.50. The van der Waals surface area contributed by atoms with E-state index in [-0.39, 0.29) is 12.5 Å². The molecule has 1 unspecified atom stereocenters. The normalized spacial score (nSPS) is 15.5. The molecule has 8 heteroatoms. The summed E-state index contributed by atoms with van der Waals surface area (Å²) in [5.41, 5.74) is 2.77. The fourth-order valence-electron chi connectivity index (χ4n) is 3.21. The molecular weight excluding hydrogens is 382 g/mol. The standard InChI is InChI=1S/C22H23N5O3/c1-14(2)12-16-8-6-15(7-9-16)10-11-20(28)23-17-4-3-5-18-21(17)30-19(13-29-18)22-24-26-27-25-22/h3-11,14,19H,12-13H2,1-2H3,(H,23,28)(H,24,25,26,27). The molecule has 30 heavy (non-hydrogen) atoms. The van der Waals surface area contributed by atoms with Gasteiger partial charge in [-0.2, -0.15) is 0 Å². The number of carbonyl (C=O) groups is 1. The summed E-state index contributed by atoms with van der Waals surface area (Å²) in [6.45, 7) is 4.66. The summed E-state index contributed by atoms with van der Waals surface area (Å²) in [7, 11) is 0. The third kappa shape index (κ3) is 4.65. The minimum atomic E-state index is -0.481. The Kier molecular flexibility index (Phi) is 5.74. The van der Waals surface area contributed by atoms with E-state index >= 15 is 0 Å². The monoisotopic (exact) mass is 405 g/mol. The third-order valence-corrected chi connectivity index (χ3v) is 4.60. The summed E-state index contributed by atoms with van der Waals surface area (Å²) in [5.74, 6) is 1.82. The lowest BCUT2D eigenvalue weighted by Gasteiger charge is -2.26. The van der Waals surface area contributed by atoms with Crippen LogP contribution < -0.4 is 14.8 Å². The van der Waals surface area contributed by atoms with E-state index in [0.717, 1.165) is 12.0 Å². The molecule has 1 atom stereocenters. The first-order valence-corrected chi connectivity index (χ1v) is 9.82. The first-order valence-electron chi connectivity index (χ1n) is 9.82. The first kappa shape index (κ1) is 19.6. The van der Waals surface area contributed by atoms with Crippen LogP contribution in [0.2, 0.25) is 0 Å². The van der Waals surface area contributed by atoms with Crippen molar-refractivity contribution >= 4 is 17.7 Å². The predicted octanol–water partition coefficient (Wildman–Crippen LogP) is 3.56. The smallest absolute Gasteiger partial charge is 0.248 e. The van der Waals surface area contributed by atoms with Crippen molar-refractivity contribution in [1.82, 2.24) is 20.6 Å². The van der Waals surface area contributed by atoms with Gasteiger partial charge in [0.1, 0.15) is 6.61 Å². The highest BCUT2D eigenvalue weighted by Gasteiger charge is 2.27. The quantitative estimate of drug-likeness (QED) is 0.608. The Morgan fingerprint density at radius 2 is 2.10 bits per heavy atom. The third-order valence-electron chi connectivity index (χ3n) is 4.60. The van der Waals surface area contributed by atoms with Gasteiger partial charge in [-0.3, -0.25) is 4.79 Å². The molecule has 0 bridgehead atoms. The number of amides is 1. The Hall–Kier alpha value is -3.68. The highest BCUT2D eigenvalue weighted by atomic mass is 16.6. The first-order chi connectivity index (χ1) is 14.6. The van der Waals surface area contributed by atoms with Crippen molar-refractivity contribution in [2.45, 2.75) is 26.4 Å². The Labute approximate surface area is 174 Å². The zero-order valence-corrected chi connectivity index (χ0v) is 16.8. The Morgan fingerprint density at radius 3 is 2.83 bits per heavy atom. The van der Waals surface area contributed by atoms with E-state index in [1.165, 1.54) is 11.6 Å². The minimum absolute atomic E-state index is 0.262. The van der Waals surface area contributed by atoms with Crippen LogP contribution in [0.3, 0.4) is 0 Å². The maximum atomic E-state index is 12.5. The Balaban J connectivity index is 1.43. The largest absolute Gasteiger partial charge is 0.485 e. The molecule has 1 aliphatic heterocycles.